The van der Waals surface area contributed by atoms with E-state index in [2.05, 4.69) is 20.9 Å². The van der Waals surface area contributed by atoms with Gasteiger partial charge in [-0.2, -0.15) is 0 Å². The third-order valence-electron chi connectivity index (χ3n) is 3.54. The molecule has 0 saturated heterocycles. The summed E-state index contributed by atoms with van der Waals surface area (Å²) in [4.78, 5) is 4.50. The van der Waals surface area contributed by atoms with Crippen LogP contribution in [0, 0.1) is 6.92 Å². The van der Waals surface area contributed by atoms with E-state index < -0.39 is 10.0 Å². The van der Waals surface area contributed by atoms with Crippen LogP contribution in [0.5, 0.6) is 0 Å². The predicted molar refractivity (Wildman–Crippen MR) is 91.9 cm³/mol. The van der Waals surface area contributed by atoms with Gasteiger partial charge in [0.1, 0.15) is 0 Å². The number of hydrogen-bond acceptors (Lipinski definition) is 4. The van der Waals surface area contributed by atoms with Crippen molar-refractivity contribution >= 4 is 37.0 Å². The van der Waals surface area contributed by atoms with Gasteiger partial charge in [0.2, 0.25) is 0 Å². The third-order valence-corrected chi connectivity index (χ3v) is 5.64. The molecule has 0 aliphatic heterocycles. The van der Waals surface area contributed by atoms with E-state index in [-0.39, 0.29) is 4.90 Å². The summed E-state index contributed by atoms with van der Waals surface area (Å²) in [5.74, 6) is 0. The van der Waals surface area contributed by atoms with E-state index in [1.165, 1.54) is 3.97 Å². The number of aryl methyl sites for hydroxylation is 1. The van der Waals surface area contributed by atoms with E-state index in [4.69, 9.17) is 4.74 Å². The highest BCUT2D eigenvalue weighted by molar-refractivity contribution is 9.10. The van der Waals surface area contributed by atoms with Crippen LogP contribution in [0.25, 0.3) is 11.0 Å². The van der Waals surface area contributed by atoms with Crippen molar-refractivity contribution in [3.63, 3.8) is 0 Å². The molecule has 7 heteroatoms. The molecular weight excluding hydrogens is 380 g/mol. The van der Waals surface area contributed by atoms with Crippen LogP contribution in [0.1, 0.15) is 11.1 Å². The fourth-order valence-electron chi connectivity index (χ4n) is 2.39. The molecule has 1 aromatic carbocycles. The first-order chi connectivity index (χ1) is 10.9. The molecule has 0 amide bonds. The first-order valence-corrected chi connectivity index (χ1v) is 9.13. The van der Waals surface area contributed by atoms with Gasteiger partial charge in [0.05, 0.1) is 11.5 Å². The molecule has 23 heavy (non-hydrogen) atoms. The second-order valence-corrected chi connectivity index (χ2v) is 7.96. The van der Waals surface area contributed by atoms with Gasteiger partial charge in [0.15, 0.2) is 5.65 Å². The van der Waals surface area contributed by atoms with Crippen molar-refractivity contribution in [2.24, 2.45) is 0 Å². The summed E-state index contributed by atoms with van der Waals surface area (Å²) in [6, 6.07) is 8.60. The first kappa shape index (κ1) is 16.2. The van der Waals surface area contributed by atoms with Gasteiger partial charge >= 0.3 is 0 Å². The minimum atomic E-state index is -3.71. The summed E-state index contributed by atoms with van der Waals surface area (Å²) in [5.41, 5.74) is 2.16. The van der Waals surface area contributed by atoms with Crippen molar-refractivity contribution in [2.45, 2.75) is 18.4 Å². The molecule has 5 nitrogen and oxygen atoms in total. The van der Waals surface area contributed by atoms with Crippen molar-refractivity contribution in [3.8, 4) is 0 Å². The molecule has 0 radical (unpaired) electrons. The quantitative estimate of drug-likeness (QED) is 0.679. The summed E-state index contributed by atoms with van der Waals surface area (Å²) < 4.78 is 33.0. The van der Waals surface area contributed by atoms with Crippen molar-refractivity contribution in [1.82, 2.24) is 8.96 Å². The van der Waals surface area contributed by atoms with Crippen molar-refractivity contribution in [1.29, 1.82) is 0 Å². The number of aromatic nitrogens is 2. The number of methoxy groups -OCH3 is 1. The van der Waals surface area contributed by atoms with Gasteiger partial charge in [-0.15, -0.1) is 0 Å². The number of benzene rings is 1. The van der Waals surface area contributed by atoms with E-state index in [9.17, 15) is 8.42 Å². The molecule has 0 saturated carbocycles. The van der Waals surface area contributed by atoms with Crippen LogP contribution in [0.2, 0.25) is 0 Å². The highest BCUT2D eigenvalue weighted by atomic mass is 79.9. The van der Waals surface area contributed by atoms with Crippen molar-refractivity contribution in [2.75, 3.05) is 7.11 Å². The number of rotatable bonds is 4. The molecule has 0 atom stereocenters. The molecule has 0 N–H and O–H groups in total. The molecular formula is C16H15BrN2O3S. The topological polar surface area (TPSA) is 61.2 Å². The molecule has 0 aliphatic carbocycles. The highest BCUT2D eigenvalue weighted by Crippen LogP contribution is 2.27. The fourth-order valence-corrected chi connectivity index (χ4v) is 4.07. The van der Waals surface area contributed by atoms with Gasteiger partial charge in [-0.25, -0.2) is 17.4 Å². The van der Waals surface area contributed by atoms with E-state index in [1.807, 2.05) is 13.0 Å². The number of pyridine rings is 1. The fraction of sp³-hybridized carbons (Fsp3) is 0.188. The Balaban J connectivity index is 2.25. The number of fused-ring (bicyclic) bond motifs is 1. The number of halogens is 1. The van der Waals surface area contributed by atoms with Crippen LogP contribution in [-0.4, -0.2) is 24.5 Å². The molecule has 3 aromatic rings. The SMILES string of the molecule is COCc1cn(S(=O)(=O)c2ccc(C)cc2)c2ncc(Br)cc12. The monoisotopic (exact) mass is 394 g/mol. The Labute approximate surface area is 143 Å². The van der Waals surface area contributed by atoms with Gasteiger partial charge in [0, 0.05) is 34.9 Å². The minimum absolute atomic E-state index is 0.230. The van der Waals surface area contributed by atoms with E-state index in [0.29, 0.717) is 12.3 Å². The second kappa shape index (κ2) is 6.07. The summed E-state index contributed by atoms with van der Waals surface area (Å²) in [7, 11) is -2.14. The maximum atomic E-state index is 12.9. The Hall–Kier alpha value is -1.70. The zero-order chi connectivity index (χ0) is 16.6. The number of hydrogen-bond donors (Lipinski definition) is 0. The van der Waals surface area contributed by atoms with Gasteiger partial charge in [0.25, 0.3) is 10.0 Å². The molecule has 0 bridgehead atoms. The van der Waals surface area contributed by atoms with Crippen molar-refractivity contribution in [3.05, 3.63) is 58.3 Å². The first-order valence-electron chi connectivity index (χ1n) is 6.90. The average molecular weight is 395 g/mol. The highest BCUT2D eigenvalue weighted by Gasteiger charge is 2.22. The molecule has 3 rings (SSSR count). The molecule has 0 fully saturated rings. The van der Waals surface area contributed by atoms with Crippen LogP contribution in [0.3, 0.4) is 0 Å². The van der Waals surface area contributed by atoms with Gasteiger partial charge in [-0.05, 0) is 41.1 Å². The van der Waals surface area contributed by atoms with E-state index in [1.54, 1.807) is 43.8 Å². The second-order valence-electron chi connectivity index (χ2n) is 5.23. The summed E-state index contributed by atoms with van der Waals surface area (Å²) in [6.45, 7) is 2.22. The Morgan fingerprint density at radius 1 is 1.26 bits per heavy atom. The van der Waals surface area contributed by atoms with Crippen molar-refractivity contribution < 1.29 is 13.2 Å². The van der Waals surface area contributed by atoms with E-state index >= 15 is 0 Å². The Morgan fingerprint density at radius 3 is 2.61 bits per heavy atom. The summed E-state index contributed by atoms with van der Waals surface area (Å²) in [5, 5.41) is 0.747. The zero-order valence-electron chi connectivity index (χ0n) is 12.7. The normalized spacial score (nSPS) is 12.0. The zero-order valence-corrected chi connectivity index (χ0v) is 15.1. The molecule has 2 heterocycles. The Kier molecular flexibility index (Phi) is 4.27. The number of nitrogens with zero attached hydrogens (tertiary/aromatic N) is 2. The molecule has 0 spiro atoms. The molecule has 2 aromatic heterocycles. The summed E-state index contributed by atoms with van der Waals surface area (Å²) >= 11 is 3.37. The lowest BCUT2D eigenvalue weighted by atomic mass is 10.2. The maximum absolute atomic E-state index is 12.9. The van der Waals surface area contributed by atoms with Crippen LogP contribution in [0.4, 0.5) is 0 Å². The van der Waals surface area contributed by atoms with Gasteiger partial charge in [-0.3, -0.25) is 0 Å². The molecule has 120 valence electrons. The van der Waals surface area contributed by atoms with E-state index in [0.717, 1.165) is 21.0 Å². The smallest absolute Gasteiger partial charge is 0.269 e. The van der Waals surface area contributed by atoms with Crippen LogP contribution < -0.4 is 0 Å². The Bertz CT molecular complexity index is 963. The predicted octanol–water partition coefficient (Wildman–Crippen LogP) is 3.49. The van der Waals surface area contributed by atoms with Gasteiger partial charge in [-0.1, -0.05) is 17.7 Å². The summed E-state index contributed by atoms with van der Waals surface area (Å²) in [6.07, 6.45) is 3.16. The standard InChI is InChI=1S/C16H15BrN2O3S/c1-11-3-5-14(6-4-11)23(20,21)19-9-12(10-22-2)15-7-13(17)8-18-16(15)19/h3-9H,10H2,1-2H3. The average Bonchev–Trinajstić information content (AvgIpc) is 2.87. The third kappa shape index (κ3) is 2.91. The van der Waals surface area contributed by atoms with Crippen LogP contribution in [-0.2, 0) is 21.4 Å². The largest absolute Gasteiger partial charge is 0.380 e. The lowest BCUT2D eigenvalue weighted by Crippen LogP contribution is -2.12. The lowest BCUT2D eigenvalue weighted by molar-refractivity contribution is 0.186. The van der Waals surface area contributed by atoms with Gasteiger partial charge < -0.3 is 4.74 Å². The molecule has 0 unspecified atom stereocenters. The lowest BCUT2D eigenvalue weighted by Gasteiger charge is -2.07. The minimum Gasteiger partial charge on any atom is -0.380 e. The van der Waals surface area contributed by atoms with Crippen LogP contribution in [0.15, 0.2) is 52.1 Å². The number of ether oxygens (including phenoxy) is 1. The van der Waals surface area contributed by atoms with Crippen LogP contribution >= 0.6 is 15.9 Å². The maximum Gasteiger partial charge on any atom is 0.269 e. The molecule has 0 aliphatic rings. The Morgan fingerprint density at radius 2 is 1.96 bits per heavy atom.